The molecule has 4 nitrogen and oxygen atoms in total. The molecule has 1 unspecified atom stereocenters. The van der Waals surface area contributed by atoms with Gasteiger partial charge in [-0.1, -0.05) is 12.5 Å². The third-order valence-electron chi connectivity index (χ3n) is 5.22. The first kappa shape index (κ1) is 16.9. The first-order valence-electron chi connectivity index (χ1n) is 8.50. The Labute approximate surface area is 140 Å². The summed E-state index contributed by atoms with van der Waals surface area (Å²) >= 11 is 0. The maximum atomic E-state index is 13.9. The van der Waals surface area contributed by atoms with Gasteiger partial charge >= 0.3 is 0 Å². The smallest absolute Gasteiger partial charge is 0.246 e. The number of carbonyl (C=O) groups excluding carboxylic acids is 2. The molecular formula is C18H22F2N2O2. The zero-order valence-corrected chi connectivity index (χ0v) is 13.8. The second-order valence-corrected chi connectivity index (χ2v) is 6.75. The minimum Gasteiger partial charge on any atom is -0.347 e. The van der Waals surface area contributed by atoms with E-state index < -0.39 is 23.2 Å². The fourth-order valence-electron chi connectivity index (χ4n) is 3.94. The molecule has 3 rings (SSSR count). The molecule has 0 aromatic heterocycles. The molecule has 6 heteroatoms. The first-order chi connectivity index (χ1) is 11.4. The predicted octanol–water partition coefficient (Wildman–Crippen LogP) is 3.08. The summed E-state index contributed by atoms with van der Waals surface area (Å²) in [6.07, 6.45) is 4.20. The van der Waals surface area contributed by atoms with E-state index in [2.05, 4.69) is 5.32 Å². The maximum absolute atomic E-state index is 13.9. The number of benzene rings is 1. The van der Waals surface area contributed by atoms with Gasteiger partial charge in [0, 0.05) is 24.6 Å². The largest absolute Gasteiger partial charge is 0.347 e. The second-order valence-electron chi connectivity index (χ2n) is 6.75. The van der Waals surface area contributed by atoms with E-state index in [9.17, 15) is 18.4 Å². The third kappa shape index (κ3) is 2.89. The number of halogens is 2. The topological polar surface area (TPSA) is 49.4 Å². The van der Waals surface area contributed by atoms with Crippen molar-refractivity contribution in [3.05, 3.63) is 35.4 Å². The Morgan fingerprint density at radius 2 is 2.00 bits per heavy atom. The highest BCUT2D eigenvalue weighted by Crippen LogP contribution is 2.38. The summed E-state index contributed by atoms with van der Waals surface area (Å²) in [5.74, 6) is -1.53. The van der Waals surface area contributed by atoms with Gasteiger partial charge in [-0.05, 0) is 38.7 Å². The van der Waals surface area contributed by atoms with Gasteiger partial charge in [0.25, 0.3) is 0 Å². The van der Waals surface area contributed by atoms with Crippen LogP contribution in [0.5, 0.6) is 0 Å². The van der Waals surface area contributed by atoms with Crippen LogP contribution in [0.2, 0.25) is 0 Å². The molecule has 0 radical (unpaired) electrons. The van der Waals surface area contributed by atoms with Crippen LogP contribution in [0.4, 0.5) is 8.78 Å². The SMILES string of the molecule is C[C@@H](NC(=O)C12CCCCC(=O)N1CCC2)c1ccc(F)cc1F. The van der Waals surface area contributed by atoms with Crippen molar-refractivity contribution in [3.63, 3.8) is 0 Å². The van der Waals surface area contributed by atoms with E-state index in [0.717, 1.165) is 25.3 Å². The lowest BCUT2D eigenvalue weighted by atomic mass is 9.89. The van der Waals surface area contributed by atoms with Crippen molar-refractivity contribution in [3.8, 4) is 0 Å². The van der Waals surface area contributed by atoms with Crippen molar-refractivity contribution in [2.45, 2.75) is 57.0 Å². The predicted molar refractivity (Wildman–Crippen MR) is 85.1 cm³/mol. The van der Waals surface area contributed by atoms with Crippen molar-refractivity contribution in [2.24, 2.45) is 0 Å². The summed E-state index contributed by atoms with van der Waals surface area (Å²) < 4.78 is 27.0. The van der Waals surface area contributed by atoms with Crippen molar-refractivity contribution in [1.29, 1.82) is 0 Å². The van der Waals surface area contributed by atoms with Crippen LogP contribution in [0.25, 0.3) is 0 Å². The van der Waals surface area contributed by atoms with Gasteiger partial charge in [-0.15, -0.1) is 0 Å². The molecule has 2 saturated heterocycles. The minimum absolute atomic E-state index is 0.0285. The molecule has 1 N–H and O–H groups in total. The Kier molecular flexibility index (Phi) is 4.56. The van der Waals surface area contributed by atoms with E-state index in [1.165, 1.54) is 12.1 Å². The molecule has 24 heavy (non-hydrogen) atoms. The molecule has 2 aliphatic rings. The Bertz CT molecular complexity index is 664. The summed E-state index contributed by atoms with van der Waals surface area (Å²) in [5.41, 5.74) is -0.566. The number of rotatable bonds is 3. The summed E-state index contributed by atoms with van der Waals surface area (Å²) in [4.78, 5) is 27.0. The molecule has 2 amide bonds. The van der Waals surface area contributed by atoms with Crippen molar-refractivity contribution < 1.29 is 18.4 Å². The highest BCUT2D eigenvalue weighted by atomic mass is 19.1. The summed E-state index contributed by atoms with van der Waals surface area (Å²) in [6, 6.07) is 2.75. The molecule has 0 saturated carbocycles. The first-order valence-corrected chi connectivity index (χ1v) is 8.50. The Morgan fingerprint density at radius 3 is 2.75 bits per heavy atom. The van der Waals surface area contributed by atoms with E-state index in [0.29, 0.717) is 25.8 Å². The summed E-state index contributed by atoms with van der Waals surface area (Å²) in [6.45, 7) is 2.27. The van der Waals surface area contributed by atoms with E-state index in [-0.39, 0.29) is 17.4 Å². The Morgan fingerprint density at radius 1 is 1.25 bits per heavy atom. The van der Waals surface area contributed by atoms with E-state index in [4.69, 9.17) is 0 Å². The number of nitrogens with one attached hydrogen (secondary N) is 1. The monoisotopic (exact) mass is 336 g/mol. The minimum atomic E-state index is -0.807. The third-order valence-corrected chi connectivity index (χ3v) is 5.22. The van der Waals surface area contributed by atoms with Crippen molar-refractivity contribution in [1.82, 2.24) is 10.2 Å². The van der Waals surface area contributed by atoms with Gasteiger partial charge < -0.3 is 10.2 Å². The molecule has 0 spiro atoms. The van der Waals surface area contributed by atoms with Crippen LogP contribution in [-0.2, 0) is 9.59 Å². The maximum Gasteiger partial charge on any atom is 0.246 e. The van der Waals surface area contributed by atoms with Gasteiger partial charge in [-0.25, -0.2) is 8.78 Å². The average Bonchev–Trinajstić information content (AvgIpc) is 2.90. The van der Waals surface area contributed by atoms with E-state index in [1.807, 2.05) is 0 Å². The molecule has 1 aromatic rings. The van der Waals surface area contributed by atoms with E-state index >= 15 is 0 Å². The number of carbonyl (C=O) groups is 2. The van der Waals surface area contributed by atoms with Crippen LogP contribution >= 0.6 is 0 Å². The Balaban J connectivity index is 1.81. The zero-order chi connectivity index (χ0) is 17.3. The second kappa shape index (κ2) is 6.49. The van der Waals surface area contributed by atoms with Gasteiger partial charge in [-0.2, -0.15) is 0 Å². The molecule has 130 valence electrons. The van der Waals surface area contributed by atoms with Gasteiger partial charge in [-0.3, -0.25) is 9.59 Å². The lowest BCUT2D eigenvalue weighted by Crippen LogP contribution is -2.56. The van der Waals surface area contributed by atoms with Gasteiger partial charge in [0.05, 0.1) is 6.04 Å². The molecule has 2 aliphatic heterocycles. The number of hydrogen-bond acceptors (Lipinski definition) is 2. The van der Waals surface area contributed by atoms with Crippen LogP contribution in [0.1, 0.15) is 57.1 Å². The number of amides is 2. The molecular weight excluding hydrogens is 314 g/mol. The van der Waals surface area contributed by atoms with Crippen molar-refractivity contribution in [2.75, 3.05) is 6.54 Å². The van der Waals surface area contributed by atoms with Crippen LogP contribution in [0.3, 0.4) is 0 Å². The molecule has 2 heterocycles. The standard InChI is InChI=1S/C18H22F2N2O2/c1-12(14-7-6-13(19)11-15(14)20)21-17(24)18-8-3-2-5-16(23)22(18)10-4-9-18/h6-7,11-12H,2-5,8-10H2,1H3,(H,21,24)/t12-,18?/m1/s1. The fraction of sp³-hybridized carbons (Fsp3) is 0.556. The molecule has 2 fully saturated rings. The number of hydrogen-bond donors (Lipinski definition) is 1. The lowest BCUT2D eigenvalue weighted by Gasteiger charge is -2.36. The number of fused-ring (bicyclic) bond motifs is 1. The summed E-state index contributed by atoms with van der Waals surface area (Å²) in [7, 11) is 0. The Hall–Kier alpha value is -1.98. The quantitative estimate of drug-likeness (QED) is 0.922. The highest BCUT2D eigenvalue weighted by molar-refractivity contribution is 5.92. The average molecular weight is 336 g/mol. The van der Waals surface area contributed by atoms with Gasteiger partial charge in [0.2, 0.25) is 11.8 Å². The molecule has 0 aliphatic carbocycles. The lowest BCUT2D eigenvalue weighted by molar-refractivity contribution is -0.144. The highest BCUT2D eigenvalue weighted by Gasteiger charge is 2.50. The van der Waals surface area contributed by atoms with Crippen LogP contribution < -0.4 is 5.32 Å². The van der Waals surface area contributed by atoms with Gasteiger partial charge in [0.1, 0.15) is 17.2 Å². The van der Waals surface area contributed by atoms with Crippen LogP contribution in [-0.4, -0.2) is 28.8 Å². The molecule has 1 aromatic carbocycles. The van der Waals surface area contributed by atoms with Crippen molar-refractivity contribution >= 4 is 11.8 Å². The van der Waals surface area contributed by atoms with Crippen LogP contribution in [0.15, 0.2) is 18.2 Å². The molecule has 2 atom stereocenters. The normalized spacial score (nSPS) is 25.1. The zero-order valence-electron chi connectivity index (χ0n) is 13.8. The van der Waals surface area contributed by atoms with Crippen LogP contribution in [0, 0.1) is 11.6 Å². The fourth-order valence-corrected chi connectivity index (χ4v) is 3.94. The molecule has 0 bridgehead atoms. The summed E-state index contributed by atoms with van der Waals surface area (Å²) in [5, 5.41) is 2.84. The van der Waals surface area contributed by atoms with E-state index in [1.54, 1.807) is 11.8 Å². The number of nitrogens with zero attached hydrogens (tertiary/aromatic N) is 1. The van der Waals surface area contributed by atoms with Gasteiger partial charge in [0.15, 0.2) is 0 Å².